The Balaban J connectivity index is 1.81. The summed E-state index contributed by atoms with van der Waals surface area (Å²) in [4.78, 5) is 11.2. The second kappa shape index (κ2) is 6.65. The first-order chi connectivity index (χ1) is 9.22. The highest BCUT2D eigenvalue weighted by Gasteiger charge is 2.22. The second-order valence-electron chi connectivity index (χ2n) is 4.61. The van der Waals surface area contributed by atoms with Gasteiger partial charge in [0.2, 0.25) is 0 Å². The summed E-state index contributed by atoms with van der Waals surface area (Å²) in [6.07, 6.45) is 4.52. The zero-order valence-corrected chi connectivity index (χ0v) is 10.9. The molecule has 2 rings (SSSR count). The number of hydrogen-bond acceptors (Lipinski definition) is 6. The van der Waals surface area contributed by atoms with Crippen molar-refractivity contribution in [3.05, 3.63) is 17.5 Å². The van der Waals surface area contributed by atoms with Gasteiger partial charge in [-0.2, -0.15) is 0 Å². The van der Waals surface area contributed by atoms with Crippen molar-refractivity contribution in [2.75, 3.05) is 7.11 Å². The van der Waals surface area contributed by atoms with Crippen LogP contribution in [0.4, 0.5) is 0 Å². The Hall–Kier alpha value is -1.44. The molecule has 0 saturated heterocycles. The molecule has 1 saturated carbocycles. The molecule has 1 heterocycles. The van der Waals surface area contributed by atoms with Crippen LogP contribution in [-0.2, 0) is 16.1 Å². The largest absolute Gasteiger partial charge is 0.381 e. The van der Waals surface area contributed by atoms with Gasteiger partial charge in [0.05, 0.1) is 12.2 Å². The summed E-state index contributed by atoms with van der Waals surface area (Å²) in [6, 6.07) is 1.53. The van der Waals surface area contributed by atoms with Gasteiger partial charge in [0.1, 0.15) is 6.61 Å². The molecular weight excluding hydrogens is 250 g/mol. The number of amides is 1. The summed E-state index contributed by atoms with van der Waals surface area (Å²) in [5.41, 5.74) is 2.15. The third-order valence-electron chi connectivity index (χ3n) is 3.30. The van der Waals surface area contributed by atoms with Crippen LogP contribution in [0, 0.1) is 0 Å². The van der Waals surface area contributed by atoms with Crippen LogP contribution in [0.2, 0.25) is 0 Å². The lowest BCUT2D eigenvalue weighted by molar-refractivity contribution is -0.0414. The predicted octanol–water partition coefficient (Wildman–Crippen LogP) is 0.752. The summed E-state index contributed by atoms with van der Waals surface area (Å²) in [6.45, 7) is 0.298. The van der Waals surface area contributed by atoms with Gasteiger partial charge in [-0.1, -0.05) is 5.16 Å². The highest BCUT2D eigenvalue weighted by molar-refractivity contribution is 5.91. The Kier molecular flexibility index (Phi) is 4.89. The summed E-state index contributed by atoms with van der Waals surface area (Å²) in [5.74, 6) is 5.04. The van der Waals surface area contributed by atoms with E-state index in [0.717, 1.165) is 25.7 Å². The van der Waals surface area contributed by atoms with Crippen molar-refractivity contribution in [1.29, 1.82) is 0 Å². The van der Waals surface area contributed by atoms with Crippen LogP contribution in [0.15, 0.2) is 10.6 Å². The van der Waals surface area contributed by atoms with Gasteiger partial charge in [0, 0.05) is 13.2 Å². The zero-order valence-electron chi connectivity index (χ0n) is 10.9. The number of rotatable bonds is 5. The summed E-state index contributed by atoms with van der Waals surface area (Å²) < 4.78 is 16.1. The lowest BCUT2D eigenvalue weighted by Gasteiger charge is -2.27. The van der Waals surface area contributed by atoms with Crippen LogP contribution in [0.1, 0.15) is 41.9 Å². The molecule has 106 valence electrons. The quantitative estimate of drug-likeness (QED) is 0.465. The molecule has 3 N–H and O–H groups in total. The second-order valence-corrected chi connectivity index (χ2v) is 4.61. The lowest BCUT2D eigenvalue weighted by Crippen LogP contribution is -2.30. The number of nitrogens with one attached hydrogen (secondary N) is 1. The number of hydrazine groups is 1. The van der Waals surface area contributed by atoms with E-state index in [1.807, 2.05) is 5.43 Å². The molecule has 2 atom stereocenters. The highest BCUT2D eigenvalue weighted by atomic mass is 16.5. The van der Waals surface area contributed by atoms with E-state index in [9.17, 15) is 4.79 Å². The lowest BCUT2D eigenvalue weighted by atomic mass is 9.95. The van der Waals surface area contributed by atoms with Crippen molar-refractivity contribution in [2.45, 2.75) is 44.5 Å². The summed E-state index contributed by atoms with van der Waals surface area (Å²) in [7, 11) is 1.72. The number of carbonyl (C=O) groups excluding carboxylic acids is 1. The molecule has 1 aliphatic rings. The maximum Gasteiger partial charge on any atom is 0.287 e. The molecule has 1 aromatic rings. The summed E-state index contributed by atoms with van der Waals surface area (Å²) >= 11 is 0. The van der Waals surface area contributed by atoms with Gasteiger partial charge < -0.3 is 14.0 Å². The predicted molar refractivity (Wildman–Crippen MR) is 66.0 cm³/mol. The van der Waals surface area contributed by atoms with Crippen molar-refractivity contribution in [2.24, 2.45) is 5.84 Å². The highest BCUT2D eigenvalue weighted by Crippen LogP contribution is 2.24. The third-order valence-corrected chi connectivity index (χ3v) is 3.30. The molecule has 7 nitrogen and oxygen atoms in total. The van der Waals surface area contributed by atoms with E-state index in [0.29, 0.717) is 12.4 Å². The normalized spacial score (nSPS) is 23.3. The van der Waals surface area contributed by atoms with Crippen LogP contribution in [-0.4, -0.2) is 30.4 Å². The van der Waals surface area contributed by atoms with Crippen molar-refractivity contribution in [3.63, 3.8) is 0 Å². The molecule has 1 aliphatic carbocycles. The van der Waals surface area contributed by atoms with Gasteiger partial charge >= 0.3 is 0 Å². The minimum Gasteiger partial charge on any atom is -0.381 e. The van der Waals surface area contributed by atoms with Crippen molar-refractivity contribution in [1.82, 2.24) is 10.6 Å². The van der Waals surface area contributed by atoms with Gasteiger partial charge in [-0.15, -0.1) is 0 Å². The molecule has 0 bridgehead atoms. The fourth-order valence-corrected chi connectivity index (χ4v) is 2.23. The molecule has 1 amide bonds. The van der Waals surface area contributed by atoms with Crippen LogP contribution in [0.3, 0.4) is 0 Å². The summed E-state index contributed by atoms with van der Waals surface area (Å²) in [5, 5.41) is 3.61. The Morgan fingerprint density at radius 2 is 2.37 bits per heavy atom. The van der Waals surface area contributed by atoms with E-state index in [2.05, 4.69) is 5.16 Å². The molecule has 0 aromatic carbocycles. The SMILES string of the molecule is COC1CCCC(OCc2cc(C(=O)NN)no2)C1. The molecule has 0 spiro atoms. The Morgan fingerprint density at radius 1 is 1.58 bits per heavy atom. The Labute approximate surface area is 111 Å². The minimum atomic E-state index is -0.480. The van der Waals surface area contributed by atoms with Crippen molar-refractivity contribution in [3.8, 4) is 0 Å². The molecule has 0 radical (unpaired) electrons. The van der Waals surface area contributed by atoms with E-state index in [4.69, 9.17) is 19.8 Å². The van der Waals surface area contributed by atoms with Gasteiger partial charge in [-0.05, 0) is 25.7 Å². The number of nitrogens with zero attached hydrogens (tertiary/aromatic N) is 1. The number of aromatic nitrogens is 1. The monoisotopic (exact) mass is 269 g/mol. The standard InChI is InChI=1S/C12H19N3O4/c1-17-8-3-2-4-9(5-8)18-7-10-6-11(15-19-10)12(16)14-13/h6,8-9H,2-5,7,13H2,1H3,(H,14,16). The molecule has 1 fully saturated rings. The number of nitrogen functional groups attached to an aromatic ring is 1. The molecule has 7 heteroatoms. The minimum absolute atomic E-state index is 0.152. The molecule has 1 aromatic heterocycles. The van der Waals surface area contributed by atoms with E-state index in [1.165, 1.54) is 6.07 Å². The smallest absolute Gasteiger partial charge is 0.287 e. The van der Waals surface area contributed by atoms with Crippen molar-refractivity contribution >= 4 is 5.91 Å². The molecule has 0 aliphatic heterocycles. The number of nitrogens with two attached hydrogens (primary N) is 1. The van der Waals surface area contributed by atoms with Crippen LogP contribution < -0.4 is 11.3 Å². The average molecular weight is 269 g/mol. The van der Waals surface area contributed by atoms with Crippen LogP contribution in [0.25, 0.3) is 0 Å². The van der Waals surface area contributed by atoms with Gasteiger partial charge in [-0.3, -0.25) is 10.2 Å². The first-order valence-electron chi connectivity index (χ1n) is 6.34. The van der Waals surface area contributed by atoms with Crippen LogP contribution >= 0.6 is 0 Å². The van der Waals surface area contributed by atoms with Gasteiger partial charge in [-0.25, -0.2) is 5.84 Å². The Morgan fingerprint density at radius 3 is 3.11 bits per heavy atom. The fraction of sp³-hybridized carbons (Fsp3) is 0.667. The number of methoxy groups -OCH3 is 1. The first kappa shape index (κ1) is 14.0. The van der Waals surface area contributed by atoms with Gasteiger partial charge in [0.15, 0.2) is 11.5 Å². The van der Waals surface area contributed by atoms with Crippen molar-refractivity contribution < 1.29 is 18.8 Å². The van der Waals surface area contributed by atoms with E-state index in [-0.39, 0.29) is 17.9 Å². The maximum absolute atomic E-state index is 11.2. The molecule has 2 unspecified atom stereocenters. The van der Waals surface area contributed by atoms with E-state index >= 15 is 0 Å². The topological polar surface area (TPSA) is 99.6 Å². The average Bonchev–Trinajstić information content (AvgIpc) is 2.93. The fourth-order valence-electron chi connectivity index (χ4n) is 2.23. The molecule has 19 heavy (non-hydrogen) atoms. The zero-order chi connectivity index (χ0) is 13.7. The molecular formula is C12H19N3O4. The van der Waals surface area contributed by atoms with Crippen LogP contribution in [0.5, 0.6) is 0 Å². The maximum atomic E-state index is 11.2. The van der Waals surface area contributed by atoms with Gasteiger partial charge in [0.25, 0.3) is 5.91 Å². The number of carbonyl (C=O) groups is 1. The number of hydrogen-bond donors (Lipinski definition) is 2. The van der Waals surface area contributed by atoms with E-state index < -0.39 is 5.91 Å². The van der Waals surface area contributed by atoms with E-state index in [1.54, 1.807) is 7.11 Å². The number of ether oxygens (including phenoxy) is 2. The Bertz CT molecular complexity index is 421. The third kappa shape index (κ3) is 3.76. The first-order valence-corrected chi connectivity index (χ1v) is 6.34.